The quantitative estimate of drug-likeness (QED) is 0.528. The lowest BCUT2D eigenvalue weighted by Gasteiger charge is -2.30. The molecule has 1 aromatic heterocycles. The molecule has 4 nitrogen and oxygen atoms in total. The fourth-order valence-corrected chi connectivity index (χ4v) is 5.46. The first-order chi connectivity index (χ1) is 13.8. The van der Waals surface area contributed by atoms with Crippen molar-refractivity contribution in [2.24, 2.45) is 0 Å². The molecule has 9 heteroatoms. The van der Waals surface area contributed by atoms with E-state index in [1.54, 1.807) is 6.07 Å². The summed E-state index contributed by atoms with van der Waals surface area (Å²) in [4.78, 5) is 1.36. The summed E-state index contributed by atoms with van der Waals surface area (Å²) in [5.74, 6) is -0.953. The van der Waals surface area contributed by atoms with E-state index in [0.29, 0.717) is 22.7 Å². The van der Waals surface area contributed by atoms with E-state index in [1.807, 2.05) is 4.90 Å². The van der Waals surface area contributed by atoms with E-state index in [2.05, 4.69) is 0 Å². The van der Waals surface area contributed by atoms with Crippen LogP contribution >= 0.6 is 11.6 Å². The molecule has 1 fully saturated rings. The van der Waals surface area contributed by atoms with Crippen molar-refractivity contribution < 1.29 is 21.6 Å². The SMILES string of the molecule is O=S(=O)(c1ccccc1F)n1cc(C(F)F)c2c(N3CCCCC3)cc(Cl)cc21. The highest BCUT2D eigenvalue weighted by Crippen LogP contribution is 2.41. The average molecular weight is 443 g/mol. The first-order valence-corrected chi connectivity index (χ1v) is 11.0. The van der Waals surface area contributed by atoms with E-state index >= 15 is 0 Å². The van der Waals surface area contributed by atoms with E-state index in [0.717, 1.165) is 37.6 Å². The molecule has 0 N–H and O–H groups in total. The fourth-order valence-electron chi connectivity index (χ4n) is 3.82. The van der Waals surface area contributed by atoms with Crippen LogP contribution in [0, 0.1) is 5.82 Å². The lowest BCUT2D eigenvalue weighted by molar-refractivity contribution is 0.153. The minimum Gasteiger partial charge on any atom is -0.371 e. The summed E-state index contributed by atoms with van der Waals surface area (Å²) in [5, 5.41) is 0.355. The third-order valence-electron chi connectivity index (χ3n) is 5.15. The lowest BCUT2D eigenvalue weighted by atomic mass is 10.1. The summed E-state index contributed by atoms with van der Waals surface area (Å²) in [6.45, 7) is 1.34. The Labute approximate surface area is 171 Å². The van der Waals surface area contributed by atoms with Crippen LogP contribution in [0.15, 0.2) is 47.5 Å². The Morgan fingerprint density at radius 2 is 1.72 bits per heavy atom. The van der Waals surface area contributed by atoms with Crippen LogP contribution in [0.2, 0.25) is 5.02 Å². The van der Waals surface area contributed by atoms with Gasteiger partial charge in [0.05, 0.1) is 5.52 Å². The van der Waals surface area contributed by atoms with Gasteiger partial charge in [0.25, 0.3) is 16.4 Å². The van der Waals surface area contributed by atoms with E-state index in [4.69, 9.17) is 11.6 Å². The molecule has 0 spiro atoms. The van der Waals surface area contributed by atoms with Gasteiger partial charge in [0.15, 0.2) is 0 Å². The second kappa shape index (κ2) is 7.57. The topological polar surface area (TPSA) is 42.3 Å². The number of halogens is 4. The molecule has 4 rings (SSSR count). The lowest BCUT2D eigenvalue weighted by Crippen LogP contribution is -2.29. The Balaban J connectivity index is 2.02. The molecule has 0 bridgehead atoms. The van der Waals surface area contributed by atoms with Gasteiger partial charge in [-0.25, -0.2) is 25.6 Å². The third kappa shape index (κ3) is 3.48. The normalized spacial score (nSPS) is 15.4. The summed E-state index contributed by atoms with van der Waals surface area (Å²) < 4.78 is 69.0. The van der Waals surface area contributed by atoms with Crippen molar-refractivity contribution in [3.63, 3.8) is 0 Å². The summed E-state index contributed by atoms with van der Waals surface area (Å²) in [6, 6.07) is 7.77. The van der Waals surface area contributed by atoms with Crippen LogP contribution in [0.1, 0.15) is 31.3 Å². The maximum absolute atomic E-state index is 14.2. The number of piperidine rings is 1. The van der Waals surface area contributed by atoms with Gasteiger partial charge in [0.1, 0.15) is 10.7 Å². The number of hydrogen-bond donors (Lipinski definition) is 0. The summed E-state index contributed by atoms with van der Waals surface area (Å²) in [6.07, 6.45) is 0.837. The van der Waals surface area contributed by atoms with Crippen LogP contribution in [-0.2, 0) is 10.0 Å². The van der Waals surface area contributed by atoms with Crippen molar-refractivity contribution in [3.8, 4) is 0 Å². The number of alkyl halides is 2. The molecule has 1 saturated heterocycles. The number of anilines is 1. The van der Waals surface area contributed by atoms with Crippen LogP contribution in [0.25, 0.3) is 10.9 Å². The zero-order valence-corrected chi connectivity index (χ0v) is 16.9. The molecule has 0 saturated carbocycles. The Bertz CT molecular complexity index is 1170. The number of hydrogen-bond acceptors (Lipinski definition) is 3. The van der Waals surface area contributed by atoms with Crippen molar-refractivity contribution >= 4 is 38.2 Å². The zero-order valence-electron chi connectivity index (χ0n) is 15.3. The van der Waals surface area contributed by atoms with Crippen molar-refractivity contribution in [3.05, 3.63) is 59.0 Å². The average Bonchev–Trinajstić information content (AvgIpc) is 3.08. The highest BCUT2D eigenvalue weighted by molar-refractivity contribution is 7.90. The summed E-state index contributed by atoms with van der Waals surface area (Å²) in [7, 11) is -4.44. The molecule has 2 heterocycles. The first kappa shape index (κ1) is 20.1. The number of aromatic nitrogens is 1. The molecule has 29 heavy (non-hydrogen) atoms. The molecular weight excluding hydrogens is 425 g/mol. The zero-order chi connectivity index (χ0) is 20.8. The smallest absolute Gasteiger partial charge is 0.271 e. The number of fused-ring (bicyclic) bond motifs is 1. The number of benzene rings is 2. The molecule has 0 aliphatic carbocycles. The second-order valence-corrected chi connectivity index (χ2v) is 9.20. The molecular formula is C20H18ClF3N2O2S. The molecule has 2 aromatic carbocycles. The molecule has 154 valence electrons. The summed E-state index contributed by atoms with van der Waals surface area (Å²) >= 11 is 6.23. The van der Waals surface area contributed by atoms with E-state index < -0.39 is 32.7 Å². The highest BCUT2D eigenvalue weighted by atomic mass is 35.5. The Kier molecular flexibility index (Phi) is 5.25. The van der Waals surface area contributed by atoms with Crippen LogP contribution < -0.4 is 4.90 Å². The monoisotopic (exact) mass is 442 g/mol. The molecule has 0 amide bonds. The Morgan fingerprint density at radius 3 is 2.38 bits per heavy atom. The minimum absolute atomic E-state index is 0.0108. The van der Waals surface area contributed by atoms with E-state index in [-0.39, 0.29) is 15.9 Å². The van der Waals surface area contributed by atoms with Gasteiger partial charge in [-0.2, -0.15) is 0 Å². The molecule has 1 aliphatic rings. The maximum Gasteiger partial charge on any atom is 0.271 e. The van der Waals surface area contributed by atoms with Crippen LogP contribution in [0.5, 0.6) is 0 Å². The molecule has 0 radical (unpaired) electrons. The highest BCUT2D eigenvalue weighted by Gasteiger charge is 2.29. The van der Waals surface area contributed by atoms with Crippen molar-refractivity contribution in [1.82, 2.24) is 3.97 Å². The molecule has 3 aromatic rings. The standard InChI is InChI=1S/C20H18ClF3N2O2S/c21-13-10-16(25-8-4-1-5-9-25)19-14(20(23)24)12-26(17(19)11-13)29(27,28)18-7-3-2-6-15(18)22/h2-3,6-7,10-12,20H,1,4-5,8-9H2. The van der Waals surface area contributed by atoms with Gasteiger partial charge in [0, 0.05) is 40.9 Å². The van der Waals surface area contributed by atoms with Crippen LogP contribution in [0.3, 0.4) is 0 Å². The Morgan fingerprint density at radius 1 is 1.03 bits per heavy atom. The van der Waals surface area contributed by atoms with Gasteiger partial charge in [0.2, 0.25) is 0 Å². The van der Waals surface area contributed by atoms with Crippen LogP contribution in [0.4, 0.5) is 18.9 Å². The van der Waals surface area contributed by atoms with Crippen molar-refractivity contribution in [2.45, 2.75) is 30.6 Å². The van der Waals surface area contributed by atoms with Gasteiger partial charge < -0.3 is 4.90 Å². The van der Waals surface area contributed by atoms with E-state index in [1.165, 1.54) is 18.2 Å². The number of nitrogens with zero attached hydrogens (tertiary/aromatic N) is 2. The van der Waals surface area contributed by atoms with Gasteiger partial charge in [-0.1, -0.05) is 23.7 Å². The third-order valence-corrected chi connectivity index (χ3v) is 7.07. The van der Waals surface area contributed by atoms with Crippen molar-refractivity contribution in [2.75, 3.05) is 18.0 Å². The van der Waals surface area contributed by atoms with Gasteiger partial charge in [-0.3, -0.25) is 0 Å². The predicted octanol–water partition coefficient (Wildman–Crippen LogP) is 5.60. The minimum atomic E-state index is -4.44. The van der Waals surface area contributed by atoms with Gasteiger partial charge >= 0.3 is 0 Å². The largest absolute Gasteiger partial charge is 0.371 e. The van der Waals surface area contributed by atoms with Gasteiger partial charge in [-0.05, 0) is 43.5 Å². The number of rotatable bonds is 4. The predicted molar refractivity (Wildman–Crippen MR) is 107 cm³/mol. The van der Waals surface area contributed by atoms with E-state index in [9.17, 15) is 21.6 Å². The molecule has 0 atom stereocenters. The van der Waals surface area contributed by atoms with Gasteiger partial charge in [-0.15, -0.1) is 0 Å². The summed E-state index contributed by atoms with van der Waals surface area (Å²) in [5.41, 5.74) is 0.0683. The fraction of sp³-hybridized carbons (Fsp3) is 0.300. The second-order valence-electron chi connectivity index (χ2n) is 6.98. The maximum atomic E-state index is 14.2. The first-order valence-electron chi connectivity index (χ1n) is 9.18. The molecule has 1 aliphatic heterocycles. The van der Waals surface area contributed by atoms with Crippen molar-refractivity contribution in [1.29, 1.82) is 0 Å². The van der Waals surface area contributed by atoms with Crippen LogP contribution in [-0.4, -0.2) is 25.5 Å². The Hall–Kier alpha value is -2.19. The molecule has 0 unspecified atom stereocenters.